The molecule has 23 heavy (non-hydrogen) atoms. The average Bonchev–Trinajstić information content (AvgIpc) is 2.42. The number of amides is 1. The molecular formula is C17H34N2O4. The summed E-state index contributed by atoms with van der Waals surface area (Å²) in [5, 5.41) is 16.6. The van der Waals surface area contributed by atoms with Crippen LogP contribution in [0, 0.1) is 0 Å². The van der Waals surface area contributed by atoms with Crippen LogP contribution in [0.15, 0.2) is 0 Å². The Morgan fingerprint density at radius 2 is 1.70 bits per heavy atom. The van der Waals surface area contributed by atoms with Crippen LogP contribution >= 0.6 is 0 Å². The lowest BCUT2D eigenvalue weighted by molar-refractivity contribution is 0.0214. The van der Waals surface area contributed by atoms with E-state index in [0.717, 1.165) is 25.7 Å². The molecule has 1 fully saturated rings. The number of carbonyl (C=O) groups excluding carboxylic acids is 1. The minimum absolute atomic E-state index is 0.178. The van der Waals surface area contributed by atoms with Crippen LogP contribution < -0.4 is 10.6 Å². The maximum atomic E-state index is 11.8. The van der Waals surface area contributed by atoms with E-state index in [2.05, 4.69) is 10.6 Å². The van der Waals surface area contributed by atoms with Crippen LogP contribution in [0.4, 0.5) is 4.79 Å². The van der Waals surface area contributed by atoms with Crippen molar-refractivity contribution in [3.63, 3.8) is 0 Å². The van der Waals surface area contributed by atoms with Crippen LogP contribution in [0.5, 0.6) is 0 Å². The second-order valence-corrected chi connectivity index (χ2v) is 7.82. The van der Waals surface area contributed by atoms with Gasteiger partial charge in [0.1, 0.15) is 5.60 Å². The van der Waals surface area contributed by atoms with Gasteiger partial charge in [0.25, 0.3) is 0 Å². The van der Waals surface area contributed by atoms with Gasteiger partial charge in [-0.1, -0.05) is 0 Å². The van der Waals surface area contributed by atoms with Crippen molar-refractivity contribution in [2.24, 2.45) is 0 Å². The molecule has 0 heterocycles. The second-order valence-electron chi connectivity index (χ2n) is 7.82. The van der Waals surface area contributed by atoms with Crippen LogP contribution in [0.25, 0.3) is 0 Å². The molecule has 0 aromatic heterocycles. The van der Waals surface area contributed by atoms with Gasteiger partial charge in [-0.05, 0) is 53.4 Å². The smallest absolute Gasteiger partial charge is 0.407 e. The van der Waals surface area contributed by atoms with E-state index >= 15 is 0 Å². The fourth-order valence-corrected chi connectivity index (χ4v) is 2.69. The number of aliphatic hydroxyl groups is 1. The monoisotopic (exact) mass is 330 g/mol. The number of methoxy groups -OCH3 is 1. The molecule has 0 bridgehead atoms. The highest BCUT2D eigenvalue weighted by molar-refractivity contribution is 5.68. The first-order valence-corrected chi connectivity index (χ1v) is 8.55. The molecule has 1 unspecified atom stereocenters. The predicted molar refractivity (Wildman–Crippen MR) is 90.5 cm³/mol. The number of ether oxygens (including phenoxy) is 2. The third kappa shape index (κ3) is 9.13. The highest BCUT2D eigenvalue weighted by Crippen LogP contribution is 2.20. The Hall–Kier alpha value is -0.850. The number of carbonyl (C=O) groups is 1. The minimum atomic E-state index is -0.748. The van der Waals surface area contributed by atoms with Gasteiger partial charge in [-0.25, -0.2) is 4.79 Å². The molecule has 0 aromatic rings. The molecule has 6 nitrogen and oxygen atoms in total. The van der Waals surface area contributed by atoms with Gasteiger partial charge >= 0.3 is 6.09 Å². The molecule has 136 valence electrons. The summed E-state index contributed by atoms with van der Waals surface area (Å²) in [7, 11) is 1.64. The molecule has 0 radical (unpaired) electrons. The van der Waals surface area contributed by atoms with E-state index in [4.69, 9.17) is 9.47 Å². The van der Waals surface area contributed by atoms with Crippen LogP contribution in [-0.4, -0.2) is 54.7 Å². The van der Waals surface area contributed by atoms with E-state index in [-0.39, 0.29) is 12.1 Å². The normalized spacial score (nSPS) is 24.8. The standard InChI is InChI=1S/C17H34N2O4/c1-16(2,3)23-15(20)19-14-8-6-13(7-9-14)18-12-17(4,21)10-11-22-5/h13-14,18,21H,6-12H2,1-5H3,(H,19,20). The molecule has 6 heteroatoms. The van der Waals surface area contributed by atoms with E-state index in [0.29, 0.717) is 25.6 Å². The maximum absolute atomic E-state index is 11.8. The van der Waals surface area contributed by atoms with Crippen molar-refractivity contribution in [2.45, 2.75) is 83.1 Å². The summed E-state index contributed by atoms with van der Waals surface area (Å²) in [4.78, 5) is 11.8. The molecule has 0 aliphatic heterocycles. The summed E-state index contributed by atoms with van der Waals surface area (Å²) >= 11 is 0. The number of hydrogen-bond donors (Lipinski definition) is 3. The second kappa shape index (κ2) is 8.85. The number of nitrogens with one attached hydrogen (secondary N) is 2. The van der Waals surface area contributed by atoms with Gasteiger partial charge in [0.05, 0.1) is 5.60 Å². The molecule has 0 aromatic carbocycles. The Bertz CT molecular complexity index is 358. The van der Waals surface area contributed by atoms with Crippen LogP contribution in [0.2, 0.25) is 0 Å². The number of rotatable bonds is 7. The molecule has 1 amide bonds. The Balaban J connectivity index is 2.24. The Morgan fingerprint density at radius 3 is 2.22 bits per heavy atom. The zero-order chi connectivity index (χ0) is 17.5. The zero-order valence-corrected chi connectivity index (χ0v) is 15.3. The van der Waals surface area contributed by atoms with Crippen LogP contribution in [0.1, 0.15) is 59.8 Å². The van der Waals surface area contributed by atoms with E-state index in [1.807, 2.05) is 27.7 Å². The highest BCUT2D eigenvalue weighted by atomic mass is 16.6. The Morgan fingerprint density at radius 1 is 1.13 bits per heavy atom. The van der Waals surface area contributed by atoms with Crippen molar-refractivity contribution in [3.05, 3.63) is 0 Å². The van der Waals surface area contributed by atoms with E-state index < -0.39 is 11.2 Å². The topological polar surface area (TPSA) is 79.8 Å². The fourth-order valence-electron chi connectivity index (χ4n) is 2.69. The quantitative estimate of drug-likeness (QED) is 0.667. The minimum Gasteiger partial charge on any atom is -0.444 e. The first-order chi connectivity index (χ1) is 10.6. The van der Waals surface area contributed by atoms with E-state index in [9.17, 15) is 9.90 Å². The van der Waals surface area contributed by atoms with Gasteiger partial charge in [0.2, 0.25) is 0 Å². The first-order valence-electron chi connectivity index (χ1n) is 8.55. The molecule has 0 saturated heterocycles. The van der Waals surface area contributed by atoms with Crippen molar-refractivity contribution in [2.75, 3.05) is 20.3 Å². The molecule has 3 N–H and O–H groups in total. The zero-order valence-electron chi connectivity index (χ0n) is 15.3. The summed E-state index contributed by atoms with van der Waals surface area (Å²) in [6, 6.07) is 0.567. The summed E-state index contributed by atoms with van der Waals surface area (Å²) in [5.74, 6) is 0. The number of alkyl carbamates (subject to hydrolysis) is 1. The van der Waals surface area contributed by atoms with Crippen molar-refractivity contribution in [3.8, 4) is 0 Å². The van der Waals surface area contributed by atoms with Crippen molar-refractivity contribution < 1.29 is 19.4 Å². The lowest BCUT2D eigenvalue weighted by Crippen LogP contribution is -2.47. The van der Waals surface area contributed by atoms with Gasteiger partial charge in [-0.3, -0.25) is 0 Å². The van der Waals surface area contributed by atoms with Gasteiger partial charge in [-0.2, -0.15) is 0 Å². The molecule has 0 spiro atoms. The van der Waals surface area contributed by atoms with E-state index in [1.54, 1.807) is 7.11 Å². The maximum Gasteiger partial charge on any atom is 0.407 e. The predicted octanol–water partition coefficient (Wildman–Crippen LogP) is 2.20. The molecular weight excluding hydrogens is 296 g/mol. The van der Waals surface area contributed by atoms with Gasteiger partial charge in [0, 0.05) is 38.8 Å². The Labute approximate surface area is 140 Å². The van der Waals surface area contributed by atoms with Crippen molar-refractivity contribution in [1.82, 2.24) is 10.6 Å². The summed E-state index contributed by atoms with van der Waals surface area (Å²) < 4.78 is 10.3. The highest BCUT2D eigenvalue weighted by Gasteiger charge is 2.26. The molecule has 1 atom stereocenters. The molecule has 1 aliphatic rings. The van der Waals surface area contributed by atoms with Crippen LogP contribution in [-0.2, 0) is 9.47 Å². The molecule has 1 saturated carbocycles. The molecule has 1 aliphatic carbocycles. The van der Waals surface area contributed by atoms with Gasteiger partial charge in [0.15, 0.2) is 0 Å². The average molecular weight is 330 g/mol. The Kier molecular flexibility index (Phi) is 7.77. The third-order valence-corrected chi connectivity index (χ3v) is 4.06. The van der Waals surface area contributed by atoms with Gasteiger partial charge in [-0.15, -0.1) is 0 Å². The SMILES string of the molecule is COCCC(C)(O)CNC1CCC(NC(=O)OC(C)(C)C)CC1. The lowest BCUT2D eigenvalue weighted by Gasteiger charge is -2.32. The summed E-state index contributed by atoms with van der Waals surface area (Å²) in [6.45, 7) is 8.54. The van der Waals surface area contributed by atoms with E-state index in [1.165, 1.54) is 0 Å². The van der Waals surface area contributed by atoms with Crippen molar-refractivity contribution >= 4 is 6.09 Å². The fraction of sp³-hybridized carbons (Fsp3) is 0.941. The number of hydrogen-bond acceptors (Lipinski definition) is 5. The largest absolute Gasteiger partial charge is 0.444 e. The van der Waals surface area contributed by atoms with Crippen LogP contribution in [0.3, 0.4) is 0 Å². The lowest BCUT2D eigenvalue weighted by atomic mass is 9.90. The first kappa shape index (κ1) is 20.2. The molecule has 1 rings (SSSR count). The third-order valence-electron chi connectivity index (χ3n) is 4.06. The van der Waals surface area contributed by atoms with Gasteiger partial charge < -0.3 is 25.2 Å². The summed E-state index contributed by atoms with van der Waals surface area (Å²) in [5.41, 5.74) is -1.21. The van der Waals surface area contributed by atoms with Crippen molar-refractivity contribution in [1.29, 1.82) is 0 Å². The summed E-state index contributed by atoms with van der Waals surface area (Å²) in [6.07, 6.45) is 4.11.